The summed E-state index contributed by atoms with van der Waals surface area (Å²) in [7, 11) is 1.27. The molecule has 2 amide bonds. The van der Waals surface area contributed by atoms with E-state index in [0.717, 1.165) is 11.0 Å². The number of carbonyl (C=O) groups excluding carboxylic acids is 2. The number of nitrogens with zero attached hydrogens (tertiary/aromatic N) is 3. The second kappa shape index (κ2) is 5.98. The number of carbonyl (C=O) groups is 2. The van der Waals surface area contributed by atoms with E-state index < -0.39 is 53.6 Å². The molecule has 1 fully saturated rings. The molecule has 2 atom stereocenters. The van der Waals surface area contributed by atoms with Crippen molar-refractivity contribution in [2.45, 2.75) is 43.8 Å². The largest absolute Gasteiger partial charge is 0.444 e. The summed E-state index contributed by atoms with van der Waals surface area (Å²) in [5.41, 5.74) is 0.0392. The van der Waals surface area contributed by atoms with Gasteiger partial charge in [-0.3, -0.25) is 9.69 Å². The fraction of sp³-hybridized carbons (Fsp3) is 0.421. The van der Waals surface area contributed by atoms with Crippen LogP contribution in [0.25, 0.3) is 0 Å². The Bertz CT molecular complexity index is 1020. The number of ether oxygens (including phenoxy) is 1. The maximum Gasteiger partial charge on any atom is 0.415 e. The number of fused-ring (bicyclic) bond motifs is 5. The summed E-state index contributed by atoms with van der Waals surface area (Å²) in [6.45, 7) is 0. The lowest BCUT2D eigenvalue weighted by Gasteiger charge is -2.33. The van der Waals surface area contributed by atoms with Gasteiger partial charge in [0.2, 0.25) is 5.91 Å². The predicted molar refractivity (Wildman–Crippen MR) is 93.4 cm³/mol. The molecule has 4 heterocycles. The molecule has 0 unspecified atom stereocenters. The van der Waals surface area contributed by atoms with Crippen LogP contribution >= 0.6 is 0 Å². The first-order valence-corrected chi connectivity index (χ1v) is 9.17. The van der Waals surface area contributed by atoms with Crippen molar-refractivity contribution in [2.75, 3.05) is 16.8 Å². The van der Waals surface area contributed by atoms with Gasteiger partial charge in [0.1, 0.15) is 18.2 Å². The number of rotatable bonds is 3. The molecule has 10 heteroatoms. The van der Waals surface area contributed by atoms with Crippen LogP contribution in [0.3, 0.4) is 0 Å². The van der Waals surface area contributed by atoms with Crippen LogP contribution in [-0.2, 0) is 28.3 Å². The fourth-order valence-electron chi connectivity index (χ4n) is 4.51. The minimum absolute atomic E-state index is 0.0858. The highest BCUT2D eigenvalue weighted by atomic mass is 19.3. The molecular weight excluding hydrogens is 391 g/mol. The average Bonchev–Trinajstić information content (AvgIpc) is 3.35. The molecule has 1 aromatic carbocycles. The molecule has 0 aliphatic carbocycles. The van der Waals surface area contributed by atoms with Gasteiger partial charge in [-0.15, -0.1) is 0 Å². The lowest BCUT2D eigenvalue weighted by molar-refractivity contribution is -0.127. The summed E-state index contributed by atoms with van der Waals surface area (Å²) in [5.74, 6) is -5.33. The molecule has 0 spiro atoms. The van der Waals surface area contributed by atoms with Crippen LogP contribution in [-0.4, -0.2) is 36.4 Å². The fourth-order valence-corrected chi connectivity index (χ4v) is 4.51. The number of aromatic nitrogens is 1. The highest BCUT2D eigenvalue weighted by Gasteiger charge is 2.53. The number of hydrogen-bond acceptors (Lipinski definition) is 5. The molecule has 0 N–H and O–H groups in total. The number of aryl methyl sites for hydroxylation is 1. The van der Waals surface area contributed by atoms with Gasteiger partial charge < -0.3 is 14.2 Å². The Morgan fingerprint density at radius 3 is 2.86 bits per heavy atom. The summed E-state index contributed by atoms with van der Waals surface area (Å²) in [6, 6.07) is 2.21. The zero-order chi connectivity index (χ0) is 20.5. The average molecular weight is 407 g/mol. The molecule has 2 aromatic rings. The Morgan fingerprint density at radius 2 is 2.14 bits per heavy atom. The first-order chi connectivity index (χ1) is 13.8. The molecule has 7 nitrogen and oxygen atoms in total. The Balaban J connectivity index is 1.54. The Kier molecular flexibility index (Phi) is 3.71. The van der Waals surface area contributed by atoms with E-state index in [4.69, 9.17) is 9.26 Å². The van der Waals surface area contributed by atoms with Crippen molar-refractivity contribution in [3.63, 3.8) is 0 Å². The van der Waals surface area contributed by atoms with Gasteiger partial charge in [-0.1, -0.05) is 5.16 Å². The highest BCUT2D eigenvalue weighted by molar-refractivity contribution is 6.00. The molecule has 3 aliphatic rings. The van der Waals surface area contributed by atoms with Crippen LogP contribution in [0.2, 0.25) is 0 Å². The Morgan fingerprint density at radius 1 is 1.34 bits per heavy atom. The van der Waals surface area contributed by atoms with Gasteiger partial charge in [-0.25, -0.2) is 18.0 Å². The molecule has 1 aromatic heterocycles. The van der Waals surface area contributed by atoms with Crippen molar-refractivity contribution >= 4 is 23.4 Å². The number of halogens is 3. The number of amides is 2. The third kappa shape index (κ3) is 2.54. The lowest BCUT2D eigenvalue weighted by atomic mass is 9.89. The molecular formula is C19H16F3N3O4. The molecule has 5 rings (SSSR count). The zero-order valence-electron chi connectivity index (χ0n) is 15.3. The van der Waals surface area contributed by atoms with Crippen LogP contribution in [0.5, 0.6) is 0 Å². The number of anilines is 2. The summed E-state index contributed by atoms with van der Waals surface area (Å²) in [4.78, 5) is 26.5. The summed E-state index contributed by atoms with van der Waals surface area (Å²) in [5, 5.41) is 3.81. The maximum absolute atomic E-state index is 14.8. The van der Waals surface area contributed by atoms with Gasteiger partial charge in [0.15, 0.2) is 0 Å². The summed E-state index contributed by atoms with van der Waals surface area (Å²) >= 11 is 0. The summed E-state index contributed by atoms with van der Waals surface area (Å²) in [6.07, 6.45) is 0.163. The molecule has 1 saturated heterocycles. The SMILES string of the molecule is CN1C(=O)CC(F)(F)c2c3c(cc(F)c21)N1C(=O)O[C@@H](CCc2ccon2)[C@@H]1C3. The molecule has 0 bridgehead atoms. The van der Waals surface area contributed by atoms with Gasteiger partial charge in [0, 0.05) is 19.2 Å². The van der Waals surface area contributed by atoms with Crippen LogP contribution in [0.15, 0.2) is 22.9 Å². The number of cyclic esters (lactones) is 1. The Hall–Kier alpha value is -3.04. The van der Waals surface area contributed by atoms with E-state index >= 15 is 0 Å². The van der Waals surface area contributed by atoms with E-state index in [-0.39, 0.29) is 17.7 Å². The zero-order valence-corrected chi connectivity index (χ0v) is 15.3. The molecule has 0 saturated carbocycles. The number of alkyl halides is 2. The topological polar surface area (TPSA) is 75.9 Å². The van der Waals surface area contributed by atoms with E-state index in [9.17, 15) is 22.8 Å². The Labute approximate surface area is 163 Å². The van der Waals surface area contributed by atoms with Crippen LogP contribution in [0.1, 0.15) is 29.7 Å². The molecule has 0 radical (unpaired) electrons. The predicted octanol–water partition coefficient (Wildman–Crippen LogP) is 3.15. The van der Waals surface area contributed by atoms with Crippen molar-refractivity contribution in [3.8, 4) is 0 Å². The van der Waals surface area contributed by atoms with Gasteiger partial charge >= 0.3 is 6.09 Å². The quantitative estimate of drug-likeness (QED) is 0.781. The first-order valence-electron chi connectivity index (χ1n) is 9.17. The maximum atomic E-state index is 14.8. The second-order valence-electron chi connectivity index (χ2n) is 7.51. The minimum atomic E-state index is -3.51. The molecule has 152 valence electrons. The van der Waals surface area contributed by atoms with E-state index in [1.807, 2.05) is 0 Å². The van der Waals surface area contributed by atoms with Crippen molar-refractivity contribution in [2.24, 2.45) is 0 Å². The van der Waals surface area contributed by atoms with Crippen molar-refractivity contribution in [1.29, 1.82) is 0 Å². The first kappa shape index (κ1) is 18.0. The van der Waals surface area contributed by atoms with Gasteiger partial charge in [-0.05, 0) is 24.8 Å². The smallest absolute Gasteiger partial charge is 0.415 e. The summed E-state index contributed by atoms with van der Waals surface area (Å²) < 4.78 is 54.6. The van der Waals surface area contributed by atoms with Crippen LogP contribution in [0.4, 0.5) is 29.3 Å². The van der Waals surface area contributed by atoms with E-state index in [1.54, 1.807) is 6.07 Å². The van der Waals surface area contributed by atoms with Crippen molar-refractivity contribution in [3.05, 3.63) is 41.0 Å². The molecule has 29 heavy (non-hydrogen) atoms. The number of benzene rings is 1. The van der Waals surface area contributed by atoms with Crippen LogP contribution < -0.4 is 9.80 Å². The standard InChI is InChI=1S/C19H16F3N3O4/c1-24-15(26)8-19(21,22)16-10-6-13-14(3-2-9-4-5-28-23-9)29-18(27)25(13)12(10)7-11(20)17(16)24/h4-5,7,13-14H,2-3,6,8H2,1H3/t13-,14-/m0/s1. The van der Waals surface area contributed by atoms with Crippen LogP contribution in [0, 0.1) is 5.82 Å². The van der Waals surface area contributed by atoms with Crippen molar-refractivity contribution in [1.82, 2.24) is 5.16 Å². The number of hydrogen-bond donors (Lipinski definition) is 0. The second-order valence-corrected chi connectivity index (χ2v) is 7.51. The molecule has 3 aliphatic heterocycles. The van der Waals surface area contributed by atoms with Gasteiger partial charge in [0.25, 0.3) is 5.92 Å². The normalized spacial score (nSPS) is 24.4. The highest BCUT2D eigenvalue weighted by Crippen LogP contribution is 2.52. The van der Waals surface area contributed by atoms with Gasteiger partial charge in [0.05, 0.1) is 35.1 Å². The van der Waals surface area contributed by atoms with Gasteiger partial charge in [-0.2, -0.15) is 0 Å². The van der Waals surface area contributed by atoms with E-state index in [2.05, 4.69) is 5.16 Å². The van der Waals surface area contributed by atoms with E-state index in [0.29, 0.717) is 18.5 Å². The third-order valence-corrected chi connectivity index (χ3v) is 5.84. The third-order valence-electron chi connectivity index (χ3n) is 5.84. The minimum Gasteiger partial charge on any atom is -0.444 e. The van der Waals surface area contributed by atoms with E-state index in [1.165, 1.54) is 18.2 Å². The lowest BCUT2D eigenvalue weighted by Crippen LogP contribution is -2.39. The monoisotopic (exact) mass is 407 g/mol. The van der Waals surface area contributed by atoms with Crippen molar-refractivity contribution < 1.29 is 32.0 Å².